The van der Waals surface area contributed by atoms with Crippen LogP contribution in [0.2, 0.25) is 0 Å². The first-order valence-electron chi connectivity index (χ1n) is 9.78. The number of aromatic hydroxyl groups is 1. The SMILES string of the molecule is COc1cccc2c1N=C(c1ccccc1)C2=Cc1sc(Nc2ccccc2)nc1O. The minimum Gasteiger partial charge on any atom is -0.494 e. The van der Waals surface area contributed by atoms with Gasteiger partial charge in [-0.15, -0.1) is 0 Å². The highest BCUT2D eigenvalue weighted by Crippen LogP contribution is 2.45. The van der Waals surface area contributed by atoms with Gasteiger partial charge >= 0.3 is 0 Å². The van der Waals surface area contributed by atoms with E-state index in [0.29, 0.717) is 15.8 Å². The zero-order valence-corrected chi connectivity index (χ0v) is 17.6. The molecular formula is C25H19N3O2S. The summed E-state index contributed by atoms with van der Waals surface area (Å²) in [7, 11) is 1.64. The number of para-hydroxylation sites is 2. The fourth-order valence-corrected chi connectivity index (χ4v) is 4.35. The summed E-state index contributed by atoms with van der Waals surface area (Å²) >= 11 is 1.39. The van der Waals surface area contributed by atoms with Crippen molar-refractivity contribution in [2.45, 2.75) is 0 Å². The van der Waals surface area contributed by atoms with Gasteiger partial charge in [-0.1, -0.05) is 72.0 Å². The van der Waals surface area contributed by atoms with Gasteiger partial charge in [0.05, 0.1) is 17.7 Å². The van der Waals surface area contributed by atoms with Crippen LogP contribution in [0.15, 0.2) is 83.9 Å². The van der Waals surface area contributed by atoms with E-state index in [9.17, 15) is 5.11 Å². The number of rotatable bonds is 5. The summed E-state index contributed by atoms with van der Waals surface area (Å²) in [5.41, 5.74) is 5.43. The molecule has 1 aromatic heterocycles. The van der Waals surface area contributed by atoms with Crippen molar-refractivity contribution < 1.29 is 9.84 Å². The average Bonchev–Trinajstić information content (AvgIpc) is 3.35. The van der Waals surface area contributed by atoms with Gasteiger partial charge in [-0.3, -0.25) is 0 Å². The van der Waals surface area contributed by atoms with Gasteiger partial charge in [0.15, 0.2) is 5.13 Å². The summed E-state index contributed by atoms with van der Waals surface area (Å²) < 4.78 is 5.53. The Morgan fingerprint density at radius 3 is 2.42 bits per heavy atom. The van der Waals surface area contributed by atoms with Gasteiger partial charge in [0.25, 0.3) is 0 Å². The molecule has 5 rings (SSSR count). The van der Waals surface area contributed by atoms with Crippen molar-refractivity contribution in [3.05, 3.63) is 94.9 Å². The molecule has 4 aromatic rings. The molecule has 0 unspecified atom stereocenters. The van der Waals surface area contributed by atoms with Crippen molar-refractivity contribution in [1.82, 2.24) is 4.98 Å². The third kappa shape index (κ3) is 3.69. The Labute approximate surface area is 184 Å². The fourth-order valence-electron chi connectivity index (χ4n) is 3.53. The van der Waals surface area contributed by atoms with Gasteiger partial charge in [-0.2, -0.15) is 4.98 Å². The molecule has 0 atom stereocenters. The third-order valence-corrected chi connectivity index (χ3v) is 5.88. The standard InChI is InChI=1S/C25H19N3O2S/c1-30-20-14-8-13-18-19(22(27-23(18)20)16-9-4-2-5-10-16)15-21-24(29)28-25(31-21)26-17-11-6-3-7-12-17/h2-15,29H,1H3,(H,26,28). The van der Waals surface area contributed by atoms with E-state index >= 15 is 0 Å². The number of aromatic nitrogens is 1. The molecule has 1 aliphatic rings. The summed E-state index contributed by atoms with van der Waals surface area (Å²) in [5, 5.41) is 14.4. The Morgan fingerprint density at radius 2 is 1.68 bits per heavy atom. The van der Waals surface area contributed by atoms with Crippen LogP contribution in [0.1, 0.15) is 16.0 Å². The molecule has 0 fully saturated rings. The molecule has 0 amide bonds. The quantitative estimate of drug-likeness (QED) is 0.395. The van der Waals surface area contributed by atoms with Gasteiger partial charge in [0.1, 0.15) is 11.4 Å². The highest BCUT2D eigenvalue weighted by atomic mass is 32.1. The zero-order chi connectivity index (χ0) is 21.2. The van der Waals surface area contributed by atoms with E-state index in [-0.39, 0.29) is 5.88 Å². The molecule has 3 aromatic carbocycles. The number of thiazole rings is 1. The lowest BCUT2D eigenvalue weighted by atomic mass is 9.97. The van der Waals surface area contributed by atoms with Gasteiger partial charge in [-0.25, -0.2) is 4.99 Å². The number of nitrogens with zero attached hydrogens (tertiary/aromatic N) is 2. The van der Waals surface area contributed by atoms with E-state index in [1.165, 1.54) is 11.3 Å². The lowest BCUT2D eigenvalue weighted by Gasteiger charge is -2.06. The maximum Gasteiger partial charge on any atom is 0.231 e. The molecular weight excluding hydrogens is 406 g/mol. The molecule has 31 heavy (non-hydrogen) atoms. The number of fused-ring (bicyclic) bond motifs is 1. The Morgan fingerprint density at radius 1 is 0.935 bits per heavy atom. The van der Waals surface area contributed by atoms with Crippen LogP contribution in [0.3, 0.4) is 0 Å². The first-order valence-corrected chi connectivity index (χ1v) is 10.6. The number of methoxy groups -OCH3 is 1. The third-order valence-electron chi connectivity index (χ3n) is 4.97. The van der Waals surface area contributed by atoms with E-state index in [2.05, 4.69) is 10.3 Å². The molecule has 152 valence electrons. The number of hydrogen-bond acceptors (Lipinski definition) is 6. The first kappa shape index (κ1) is 19.1. The second-order valence-corrected chi connectivity index (χ2v) is 7.97. The molecule has 6 heteroatoms. The number of aliphatic imine (C=N–C) groups is 1. The molecule has 2 heterocycles. The van der Waals surface area contributed by atoms with Crippen molar-refractivity contribution in [3.63, 3.8) is 0 Å². The van der Waals surface area contributed by atoms with Gasteiger partial charge < -0.3 is 15.2 Å². The normalized spacial score (nSPS) is 13.7. The number of benzene rings is 3. The van der Waals surface area contributed by atoms with Crippen LogP contribution in [0.4, 0.5) is 16.5 Å². The lowest BCUT2D eigenvalue weighted by molar-refractivity contribution is 0.416. The molecule has 0 bridgehead atoms. The molecule has 2 N–H and O–H groups in total. The number of anilines is 2. The second-order valence-electron chi connectivity index (χ2n) is 6.94. The highest BCUT2D eigenvalue weighted by Gasteiger charge is 2.25. The lowest BCUT2D eigenvalue weighted by Crippen LogP contribution is -1.99. The van der Waals surface area contributed by atoms with Crippen molar-refractivity contribution in [2.75, 3.05) is 12.4 Å². The molecule has 0 aliphatic carbocycles. The highest BCUT2D eigenvalue weighted by molar-refractivity contribution is 7.16. The van der Waals surface area contributed by atoms with E-state index in [4.69, 9.17) is 9.73 Å². The van der Waals surface area contributed by atoms with E-state index in [0.717, 1.165) is 33.8 Å². The van der Waals surface area contributed by atoms with Crippen LogP contribution in [0, 0.1) is 0 Å². The Balaban J connectivity index is 1.59. The first-order chi connectivity index (χ1) is 15.2. The minimum absolute atomic E-state index is 0.0142. The predicted molar refractivity (Wildman–Crippen MR) is 127 cm³/mol. The summed E-state index contributed by atoms with van der Waals surface area (Å²) in [6.45, 7) is 0. The summed E-state index contributed by atoms with van der Waals surface area (Å²) in [6, 6.07) is 25.6. The Bertz CT molecular complexity index is 1300. The Kier molecular flexibility index (Phi) is 4.98. The minimum atomic E-state index is -0.0142. The van der Waals surface area contributed by atoms with Crippen molar-refractivity contribution in [2.24, 2.45) is 4.99 Å². The van der Waals surface area contributed by atoms with Crippen LogP contribution in [-0.2, 0) is 0 Å². The van der Waals surface area contributed by atoms with Crippen molar-refractivity contribution in [3.8, 4) is 11.6 Å². The molecule has 0 saturated heterocycles. The van der Waals surface area contributed by atoms with Gasteiger partial charge in [0, 0.05) is 22.4 Å². The maximum atomic E-state index is 10.5. The monoisotopic (exact) mass is 425 g/mol. The van der Waals surface area contributed by atoms with Crippen molar-refractivity contribution in [1.29, 1.82) is 0 Å². The Hall–Kier alpha value is -3.90. The largest absolute Gasteiger partial charge is 0.494 e. The number of ether oxygens (including phenoxy) is 1. The summed E-state index contributed by atoms with van der Waals surface area (Å²) in [5.74, 6) is 0.703. The van der Waals surface area contributed by atoms with Gasteiger partial charge in [-0.05, 0) is 24.3 Å². The molecule has 0 spiro atoms. The molecule has 0 saturated carbocycles. The zero-order valence-electron chi connectivity index (χ0n) is 16.7. The fraction of sp³-hybridized carbons (Fsp3) is 0.0400. The molecule has 1 aliphatic heterocycles. The van der Waals surface area contributed by atoms with Crippen LogP contribution in [0.25, 0.3) is 11.6 Å². The van der Waals surface area contributed by atoms with Crippen LogP contribution in [-0.4, -0.2) is 22.9 Å². The molecule has 0 radical (unpaired) electrons. The van der Waals surface area contributed by atoms with Crippen molar-refractivity contribution >= 4 is 45.2 Å². The topological polar surface area (TPSA) is 66.7 Å². The van der Waals surface area contributed by atoms with E-state index in [1.54, 1.807) is 7.11 Å². The van der Waals surface area contributed by atoms with Crippen LogP contribution >= 0.6 is 11.3 Å². The second kappa shape index (κ2) is 8.08. The van der Waals surface area contributed by atoms with Gasteiger partial charge in [0.2, 0.25) is 5.88 Å². The van der Waals surface area contributed by atoms with Crippen LogP contribution < -0.4 is 10.1 Å². The number of allylic oxidation sites excluding steroid dienone is 1. The average molecular weight is 426 g/mol. The summed E-state index contributed by atoms with van der Waals surface area (Å²) in [6.07, 6.45) is 1.94. The number of hydrogen-bond donors (Lipinski definition) is 2. The molecule has 5 nitrogen and oxygen atoms in total. The maximum absolute atomic E-state index is 10.5. The summed E-state index contributed by atoms with van der Waals surface area (Å²) in [4.78, 5) is 9.83. The van der Waals surface area contributed by atoms with Crippen LogP contribution in [0.5, 0.6) is 11.6 Å². The number of nitrogens with one attached hydrogen (secondary N) is 1. The smallest absolute Gasteiger partial charge is 0.231 e. The predicted octanol–water partition coefficient (Wildman–Crippen LogP) is 6.28. The van der Waals surface area contributed by atoms with E-state index in [1.807, 2.05) is 84.9 Å². The van der Waals surface area contributed by atoms with E-state index < -0.39 is 0 Å².